The van der Waals surface area contributed by atoms with Crippen LogP contribution >= 0.6 is 0 Å². The SMILES string of the molecule is COC(=O)c1cc(NS(=O)O)cc(OC)c1OC. The van der Waals surface area contributed by atoms with Gasteiger partial charge in [-0.25, -0.2) is 9.00 Å². The standard InChI is InChI=1S/C10H13NO6S/c1-15-8-5-6(11-18(13)14)4-7(9(8)16-2)10(12)17-3/h4-5,11H,1-3H3,(H,13,14). The van der Waals surface area contributed by atoms with Crippen molar-refractivity contribution in [3.63, 3.8) is 0 Å². The van der Waals surface area contributed by atoms with Crippen molar-refractivity contribution in [3.8, 4) is 11.5 Å². The molecule has 0 fully saturated rings. The molecule has 0 aliphatic carbocycles. The molecular weight excluding hydrogens is 262 g/mol. The second kappa shape index (κ2) is 6.22. The van der Waals surface area contributed by atoms with Crippen LogP contribution in [0.3, 0.4) is 0 Å². The van der Waals surface area contributed by atoms with Gasteiger partial charge in [-0.2, -0.15) is 0 Å². The van der Waals surface area contributed by atoms with E-state index in [-0.39, 0.29) is 22.7 Å². The highest BCUT2D eigenvalue weighted by molar-refractivity contribution is 7.80. The van der Waals surface area contributed by atoms with E-state index < -0.39 is 17.2 Å². The van der Waals surface area contributed by atoms with E-state index in [9.17, 15) is 9.00 Å². The molecule has 2 N–H and O–H groups in total. The van der Waals surface area contributed by atoms with Crippen molar-refractivity contribution < 1.29 is 27.8 Å². The maximum Gasteiger partial charge on any atom is 0.341 e. The van der Waals surface area contributed by atoms with E-state index in [0.29, 0.717) is 0 Å². The van der Waals surface area contributed by atoms with Gasteiger partial charge in [0.25, 0.3) is 11.3 Å². The minimum absolute atomic E-state index is 0.0901. The van der Waals surface area contributed by atoms with E-state index in [0.717, 1.165) is 0 Å². The van der Waals surface area contributed by atoms with E-state index in [1.165, 1.54) is 33.5 Å². The molecule has 0 aliphatic rings. The number of esters is 1. The van der Waals surface area contributed by atoms with Gasteiger partial charge in [-0.3, -0.25) is 9.27 Å². The third-order valence-corrected chi connectivity index (χ3v) is 2.50. The predicted molar refractivity (Wildman–Crippen MR) is 65.3 cm³/mol. The van der Waals surface area contributed by atoms with Crippen LogP contribution in [0, 0.1) is 0 Å². The van der Waals surface area contributed by atoms with E-state index >= 15 is 0 Å². The first-order valence-electron chi connectivity index (χ1n) is 4.75. The normalized spacial score (nSPS) is 11.6. The van der Waals surface area contributed by atoms with Crippen molar-refractivity contribution in [2.24, 2.45) is 0 Å². The third-order valence-electron chi connectivity index (χ3n) is 2.09. The molecule has 100 valence electrons. The van der Waals surface area contributed by atoms with Crippen LogP contribution in [0.1, 0.15) is 10.4 Å². The van der Waals surface area contributed by atoms with E-state index in [1.807, 2.05) is 0 Å². The summed E-state index contributed by atoms with van der Waals surface area (Å²) in [7, 11) is 3.98. The molecule has 0 radical (unpaired) electrons. The molecule has 0 amide bonds. The number of carbonyl (C=O) groups excluding carboxylic acids is 1. The minimum Gasteiger partial charge on any atom is -0.493 e. The Hall–Kier alpha value is -1.80. The van der Waals surface area contributed by atoms with Crippen LogP contribution in [0.25, 0.3) is 0 Å². The Morgan fingerprint density at radius 1 is 1.28 bits per heavy atom. The van der Waals surface area contributed by atoms with Gasteiger partial charge in [-0.1, -0.05) is 0 Å². The molecule has 0 aliphatic heterocycles. The summed E-state index contributed by atoms with van der Waals surface area (Å²) in [5, 5.41) is 0. The van der Waals surface area contributed by atoms with Gasteiger partial charge in [0, 0.05) is 6.07 Å². The smallest absolute Gasteiger partial charge is 0.341 e. The second-order valence-corrected chi connectivity index (χ2v) is 3.80. The average Bonchev–Trinajstić information content (AvgIpc) is 2.35. The molecule has 7 nitrogen and oxygen atoms in total. The second-order valence-electron chi connectivity index (χ2n) is 3.10. The van der Waals surface area contributed by atoms with Gasteiger partial charge in [0.1, 0.15) is 5.56 Å². The molecule has 0 aromatic heterocycles. The fourth-order valence-corrected chi connectivity index (χ4v) is 1.71. The van der Waals surface area contributed by atoms with Gasteiger partial charge in [-0.15, -0.1) is 0 Å². The van der Waals surface area contributed by atoms with Crippen LogP contribution in [0.15, 0.2) is 12.1 Å². The van der Waals surface area contributed by atoms with Crippen molar-refractivity contribution in [2.75, 3.05) is 26.1 Å². The zero-order chi connectivity index (χ0) is 13.7. The lowest BCUT2D eigenvalue weighted by Crippen LogP contribution is -2.08. The first-order valence-corrected chi connectivity index (χ1v) is 5.86. The largest absolute Gasteiger partial charge is 0.493 e. The number of rotatable bonds is 5. The number of benzene rings is 1. The molecule has 18 heavy (non-hydrogen) atoms. The molecule has 0 saturated carbocycles. The summed E-state index contributed by atoms with van der Waals surface area (Å²) in [6, 6.07) is 2.76. The van der Waals surface area contributed by atoms with Crippen LogP contribution in [-0.4, -0.2) is 36.1 Å². The first kappa shape index (κ1) is 14.3. The summed E-state index contributed by atoms with van der Waals surface area (Å²) in [6.07, 6.45) is 0. The fraction of sp³-hybridized carbons (Fsp3) is 0.300. The van der Waals surface area contributed by atoms with Crippen LogP contribution in [0.4, 0.5) is 5.69 Å². The quantitative estimate of drug-likeness (QED) is 0.616. The predicted octanol–water partition coefficient (Wildman–Crippen LogP) is 1.04. The third kappa shape index (κ3) is 3.11. The number of anilines is 1. The molecule has 1 aromatic carbocycles. The Morgan fingerprint density at radius 2 is 1.94 bits per heavy atom. The van der Waals surface area contributed by atoms with Gasteiger partial charge >= 0.3 is 5.97 Å². The molecule has 1 rings (SSSR count). The monoisotopic (exact) mass is 275 g/mol. The molecule has 8 heteroatoms. The number of methoxy groups -OCH3 is 3. The maximum atomic E-state index is 11.6. The Kier molecular flexibility index (Phi) is 4.93. The highest BCUT2D eigenvalue weighted by Gasteiger charge is 2.19. The van der Waals surface area contributed by atoms with Gasteiger partial charge < -0.3 is 14.2 Å². The Labute approximate surface area is 106 Å². The maximum absolute atomic E-state index is 11.6. The Morgan fingerprint density at radius 3 is 2.39 bits per heavy atom. The number of ether oxygens (including phenoxy) is 3. The van der Waals surface area contributed by atoms with E-state index in [2.05, 4.69) is 9.46 Å². The first-order chi connectivity index (χ1) is 8.53. The molecule has 0 bridgehead atoms. The van der Waals surface area contributed by atoms with Crippen LogP contribution in [-0.2, 0) is 16.0 Å². The van der Waals surface area contributed by atoms with Crippen molar-refractivity contribution in [1.82, 2.24) is 0 Å². The number of carbonyl (C=O) groups is 1. The summed E-state index contributed by atoms with van der Waals surface area (Å²) < 4.78 is 36.4. The molecule has 0 saturated heterocycles. The zero-order valence-electron chi connectivity index (χ0n) is 10.1. The van der Waals surface area contributed by atoms with E-state index in [1.54, 1.807) is 0 Å². The molecule has 1 aromatic rings. The van der Waals surface area contributed by atoms with Crippen molar-refractivity contribution in [3.05, 3.63) is 17.7 Å². The molecule has 0 spiro atoms. The van der Waals surface area contributed by atoms with Gasteiger partial charge in [0.15, 0.2) is 11.5 Å². The van der Waals surface area contributed by atoms with Crippen LogP contribution in [0.5, 0.6) is 11.5 Å². The molecule has 1 atom stereocenters. The Bertz CT molecular complexity index is 476. The summed E-state index contributed by atoms with van der Waals surface area (Å²) in [4.78, 5) is 11.6. The number of hydrogen-bond acceptors (Lipinski definition) is 5. The topological polar surface area (TPSA) is 94.1 Å². The fourth-order valence-electron chi connectivity index (χ4n) is 1.39. The van der Waals surface area contributed by atoms with Gasteiger partial charge in [0.05, 0.1) is 27.0 Å². The van der Waals surface area contributed by atoms with Crippen molar-refractivity contribution in [1.29, 1.82) is 0 Å². The highest BCUT2D eigenvalue weighted by Crippen LogP contribution is 2.35. The van der Waals surface area contributed by atoms with Crippen LogP contribution in [0.2, 0.25) is 0 Å². The summed E-state index contributed by atoms with van der Waals surface area (Å²) in [5.41, 5.74) is 0.321. The molecule has 1 unspecified atom stereocenters. The average molecular weight is 275 g/mol. The van der Waals surface area contributed by atoms with Crippen molar-refractivity contribution in [2.45, 2.75) is 0 Å². The number of nitrogens with one attached hydrogen (secondary N) is 1. The lowest BCUT2D eigenvalue weighted by molar-refractivity contribution is 0.0596. The lowest BCUT2D eigenvalue weighted by atomic mass is 10.1. The summed E-state index contributed by atoms with van der Waals surface area (Å²) in [5.74, 6) is -0.204. The lowest BCUT2D eigenvalue weighted by Gasteiger charge is -2.13. The van der Waals surface area contributed by atoms with Gasteiger partial charge in [-0.05, 0) is 6.07 Å². The van der Waals surface area contributed by atoms with Crippen molar-refractivity contribution >= 4 is 22.9 Å². The highest BCUT2D eigenvalue weighted by atomic mass is 32.2. The van der Waals surface area contributed by atoms with E-state index in [4.69, 9.17) is 14.0 Å². The Balaban J connectivity index is 3.35. The summed E-state index contributed by atoms with van der Waals surface area (Å²) in [6.45, 7) is 0. The van der Waals surface area contributed by atoms with Crippen LogP contribution < -0.4 is 14.2 Å². The molecular formula is C10H13NO6S. The van der Waals surface area contributed by atoms with Gasteiger partial charge in [0.2, 0.25) is 0 Å². The minimum atomic E-state index is -2.26. The zero-order valence-corrected chi connectivity index (χ0v) is 10.9. The number of hydrogen-bond donors (Lipinski definition) is 2. The molecule has 0 heterocycles. The summed E-state index contributed by atoms with van der Waals surface area (Å²) >= 11 is -2.26.